The molecule has 0 spiro atoms. The number of amides is 1. The van der Waals surface area contributed by atoms with Crippen LogP contribution in [0, 0.1) is 0 Å². The van der Waals surface area contributed by atoms with Crippen LogP contribution in [0.1, 0.15) is 19.6 Å². The Morgan fingerprint density at radius 1 is 1.12 bits per heavy atom. The summed E-state index contributed by atoms with van der Waals surface area (Å²) in [5.74, 6) is 0.449. The minimum atomic E-state index is -0.704. The third-order valence-corrected chi connectivity index (χ3v) is 3.95. The predicted molar refractivity (Wildman–Crippen MR) is 98.8 cm³/mol. The van der Waals surface area contributed by atoms with Gasteiger partial charge in [-0.1, -0.05) is 41.6 Å². The van der Waals surface area contributed by atoms with E-state index in [1.54, 1.807) is 25.8 Å². The molecule has 0 aliphatic carbocycles. The standard InChI is InChI=1S/C20H20N2O3/c1-14(19-13-16-9-7-8-12-18(16)24-19)21-25-15(2)20(23)22(3)17-10-5-4-6-11-17/h4-13,15H,1-3H3/b21-14+. The largest absolute Gasteiger partial charge is 0.455 e. The number of likely N-dealkylation sites (N-methyl/N-ethyl adjacent to an activating group) is 1. The van der Waals surface area contributed by atoms with Gasteiger partial charge in [-0.2, -0.15) is 0 Å². The van der Waals surface area contributed by atoms with Crippen LogP contribution < -0.4 is 4.90 Å². The number of rotatable bonds is 5. The fraction of sp³-hybridized carbons (Fsp3) is 0.200. The molecule has 0 aliphatic rings. The number of carbonyl (C=O) groups is 1. The molecule has 1 atom stereocenters. The SMILES string of the molecule is C/C(=N\OC(C)C(=O)N(C)c1ccccc1)c1cc2ccccc2o1. The molecule has 3 rings (SSSR count). The number of fused-ring (bicyclic) bond motifs is 1. The molecular formula is C20H20N2O3. The van der Waals surface area contributed by atoms with Gasteiger partial charge in [0.15, 0.2) is 5.76 Å². The zero-order valence-corrected chi connectivity index (χ0v) is 14.5. The quantitative estimate of drug-likeness (QED) is 0.518. The topological polar surface area (TPSA) is 55.0 Å². The molecular weight excluding hydrogens is 316 g/mol. The number of hydrogen-bond donors (Lipinski definition) is 0. The van der Waals surface area contributed by atoms with Crippen molar-refractivity contribution in [2.45, 2.75) is 20.0 Å². The summed E-state index contributed by atoms with van der Waals surface area (Å²) in [4.78, 5) is 19.4. The number of furan rings is 1. The fourth-order valence-electron chi connectivity index (χ4n) is 2.46. The average Bonchev–Trinajstić information content (AvgIpc) is 3.09. The van der Waals surface area contributed by atoms with Crippen molar-refractivity contribution in [3.63, 3.8) is 0 Å². The minimum Gasteiger partial charge on any atom is -0.455 e. The number of carbonyl (C=O) groups excluding carboxylic acids is 1. The van der Waals surface area contributed by atoms with Crippen LogP contribution in [0.5, 0.6) is 0 Å². The van der Waals surface area contributed by atoms with Crippen LogP contribution in [0.15, 0.2) is 70.2 Å². The van der Waals surface area contributed by atoms with Gasteiger partial charge < -0.3 is 14.2 Å². The maximum Gasteiger partial charge on any atom is 0.270 e. The van der Waals surface area contributed by atoms with Gasteiger partial charge in [0, 0.05) is 18.1 Å². The lowest BCUT2D eigenvalue weighted by atomic mass is 10.2. The second kappa shape index (κ2) is 7.21. The summed E-state index contributed by atoms with van der Waals surface area (Å²) < 4.78 is 5.73. The van der Waals surface area contributed by atoms with Crippen molar-refractivity contribution in [1.29, 1.82) is 0 Å². The van der Waals surface area contributed by atoms with Gasteiger partial charge in [0.25, 0.3) is 5.91 Å². The van der Waals surface area contributed by atoms with Crippen LogP contribution in [0.2, 0.25) is 0 Å². The molecule has 25 heavy (non-hydrogen) atoms. The van der Waals surface area contributed by atoms with E-state index in [0.717, 1.165) is 16.7 Å². The lowest BCUT2D eigenvalue weighted by molar-refractivity contribution is -0.128. The smallest absolute Gasteiger partial charge is 0.270 e. The highest BCUT2D eigenvalue weighted by Gasteiger charge is 2.20. The maximum atomic E-state index is 12.4. The van der Waals surface area contributed by atoms with Gasteiger partial charge in [0.1, 0.15) is 11.3 Å². The Balaban J connectivity index is 1.68. The van der Waals surface area contributed by atoms with Crippen LogP contribution >= 0.6 is 0 Å². The zero-order chi connectivity index (χ0) is 17.8. The van der Waals surface area contributed by atoms with E-state index >= 15 is 0 Å². The summed E-state index contributed by atoms with van der Waals surface area (Å²) in [6, 6.07) is 19.0. The van der Waals surface area contributed by atoms with Gasteiger partial charge >= 0.3 is 0 Å². The van der Waals surface area contributed by atoms with E-state index in [0.29, 0.717) is 11.5 Å². The second-order valence-corrected chi connectivity index (χ2v) is 5.81. The maximum absolute atomic E-state index is 12.4. The molecule has 5 heteroatoms. The first-order chi connectivity index (χ1) is 12.1. The molecule has 2 aromatic carbocycles. The summed E-state index contributed by atoms with van der Waals surface area (Å²) in [6.45, 7) is 3.47. The molecule has 5 nitrogen and oxygen atoms in total. The number of anilines is 1. The van der Waals surface area contributed by atoms with Crippen molar-refractivity contribution in [1.82, 2.24) is 0 Å². The number of oxime groups is 1. The molecule has 0 bridgehead atoms. The molecule has 3 aromatic rings. The number of hydrogen-bond acceptors (Lipinski definition) is 4. The highest BCUT2D eigenvalue weighted by atomic mass is 16.6. The van der Waals surface area contributed by atoms with Crippen molar-refractivity contribution in [2.24, 2.45) is 5.16 Å². The van der Waals surface area contributed by atoms with E-state index in [1.165, 1.54) is 0 Å². The molecule has 0 saturated carbocycles. The van der Waals surface area contributed by atoms with Crippen molar-refractivity contribution in [3.05, 3.63) is 66.4 Å². The third-order valence-electron chi connectivity index (χ3n) is 3.95. The highest BCUT2D eigenvalue weighted by Crippen LogP contribution is 2.19. The van der Waals surface area contributed by atoms with Crippen molar-refractivity contribution >= 4 is 28.3 Å². The zero-order valence-electron chi connectivity index (χ0n) is 14.5. The summed E-state index contributed by atoms with van der Waals surface area (Å²) in [5, 5.41) is 5.06. The molecule has 1 heterocycles. The molecule has 0 N–H and O–H groups in total. The van der Waals surface area contributed by atoms with Crippen LogP contribution in [0.25, 0.3) is 11.0 Å². The second-order valence-electron chi connectivity index (χ2n) is 5.81. The van der Waals surface area contributed by atoms with Gasteiger partial charge in [0.05, 0.1) is 0 Å². The van der Waals surface area contributed by atoms with Crippen LogP contribution in [0.3, 0.4) is 0 Å². The van der Waals surface area contributed by atoms with Crippen molar-refractivity contribution in [3.8, 4) is 0 Å². The first-order valence-electron chi connectivity index (χ1n) is 8.08. The Bertz CT molecular complexity index is 866. The van der Waals surface area contributed by atoms with E-state index < -0.39 is 6.10 Å². The monoisotopic (exact) mass is 336 g/mol. The van der Waals surface area contributed by atoms with E-state index in [1.807, 2.05) is 60.7 Å². The van der Waals surface area contributed by atoms with E-state index in [9.17, 15) is 4.79 Å². The molecule has 128 valence electrons. The van der Waals surface area contributed by atoms with E-state index in [2.05, 4.69) is 5.16 Å². The van der Waals surface area contributed by atoms with E-state index in [4.69, 9.17) is 9.25 Å². The Kier molecular flexibility index (Phi) is 4.84. The molecule has 0 aliphatic heterocycles. The van der Waals surface area contributed by atoms with Gasteiger partial charge in [0.2, 0.25) is 6.10 Å². The van der Waals surface area contributed by atoms with Crippen molar-refractivity contribution in [2.75, 3.05) is 11.9 Å². The first-order valence-corrected chi connectivity index (χ1v) is 8.08. The summed E-state index contributed by atoms with van der Waals surface area (Å²) in [6.07, 6.45) is -0.704. The van der Waals surface area contributed by atoms with Crippen LogP contribution in [0.4, 0.5) is 5.69 Å². The molecule has 1 amide bonds. The Morgan fingerprint density at radius 3 is 2.52 bits per heavy atom. The fourth-order valence-corrected chi connectivity index (χ4v) is 2.46. The Hall–Kier alpha value is -3.08. The lowest BCUT2D eigenvalue weighted by Crippen LogP contribution is -2.35. The molecule has 1 unspecified atom stereocenters. The Morgan fingerprint density at radius 2 is 1.80 bits per heavy atom. The van der Waals surface area contributed by atoms with Crippen LogP contribution in [-0.4, -0.2) is 24.8 Å². The summed E-state index contributed by atoms with van der Waals surface area (Å²) in [7, 11) is 1.72. The lowest BCUT2D eigenvalue weighted by Gasteiger charge is -2.20. The first kappa shape index (κ1) is 16.8. The average molecular weight is 336 g/mol. The van der Waals surface area contributed by atoms with E-state index in [-0.39, 0.29) is 5.91 Å². The molecule has 0 radical (unpaired) electrons. The summed E-state index contributed by atoms with van der Waals surface area (Å²) in [5.41, 5.74) is 2.18. The third kappa shape index (κ3) is 3.71. The highest BCUT2D eigenvalue weighted by molar-refractivity contribution is 5.99. The Labute approximate surface area is 146 Å². The predicted octanol–water partition coefficient (Wildman–Crippen LogP) is 4.22. The number of nitrogens with zero attached hydrogens (tertiary/aromatic N) is 2. The van der Waals surface area contributed by atoms with Crippen LogP contribution in [-0.2, 0) is 9.63 Å². The summed E-state index contributed by atoms with van der Waals surface area (Å²) >= 11 is 0. The van der Waals surface area contributed by atoms with Gasteiger partial charge in [-0.05, 0) is 38.1 Å². The van der Waals surface area contributed by atoms with Gasteiger partial charge in [-0.3, -0.25) is 4.79 Å². The van der Waals surface area contributed by atoms with Gasteiger partial charge in [-0.15, -0.1) is 0 Å². The number of para-hydroxylation sites is 2. The minimum absolute atomic E-state index is 0.174. The molecule has 0 saturated heterocycles. The molecule has 1 aromatic heterocycles. The normalized spacial score (nSPS) is 12.8. The van der Waals surface area contributed by atoms with Crippen molar-refractivity contribution < 1.29 is 14.0 Å². The molecule has 0 fully saturated rings. The number of benzene rings is 2. The van der Waals surface area contributed by atoms with Gasteiger partial charge in [-0.25, -0.2) is 0 Å².